The van der Waals surface area contributed by atoms with Gasteiger partial charge in [0.1, 0.15) is 5.25 Å². The molecule has 4 nitrogen and oxygen atoms in total. The van der Waals surface area contributed by atoms with Gasteiger partial charge in [-0.25, -0.2) is 0 Å². The number of aliphatic hydroxyl groups is 1. The molecule has 92 valence electrons. The first kappa shape index (κ1) is 12.1. The van der Waals surface area contributed by atoms with Crippen molar-refractivity contribution in [3.63, 3.8) is 0 Å². The van der Waals surface area contributed by atoms with Crippen LogP contribution in [0, 0.1) is 5.92 Å². The number of hydrogen-bond acceptors (Lipinski definition) is 3. The van der Waals surface area contributed by atoms with Gasteiger partial charge in [-0.15, -0.1) is 0 Å². The van der Waals surface area contributed by atoms with Gasteiger partial charge in [0.05, 0.1) is 6.10 Å². The van der Waals surface area contributed by atoms with Crippen molar-refractivity contribution in [3.05, 3.63) is 11.1 Å². The molecule has 0 amide bonds. The third-order valence-corrected chi connectivity index (χ3v) is 4.98. The second kappa shape index (κ2) is 4.13. The number of aliphatic hydroxyl groups excluding tert-OH is 1. The van der Waals surface area contributed by atoms with Gasteiger partial charge < -0.3 is 5.11 Å². The molecule has 0 aromatic rings. The minimum atomic E-state index is -4.02. The number of hydrogen-bond donors (Lipinski definition) is 2. The smallest absolute Gasteiger partial charge is 0.271 e. The van der Waals surface area contributed by atoms with Crippen molar-refractivity contribution in [2.75, 3.05) is 0 Å². The average Bonchev–Trinajstić information content (AvgIpc) is 2.22. The van der Waals surface area contributed by atoms with E-state index < -0.39 is 21.5 Å². The molecule has 2 aliphatic rings. The zero-order chi connectivity index (χ0) is 11.9. The first-order valence-electron chi connectivity index (χ1n) is 5.77. The summed E-state index contributed by atoms with van der Waals surface area (Å²) >= 11 is 0. The molecule has 2 N–H and O–H groups in total. The lowest BCUT2D eigenvalue weighted by Crippen LogP contribution is -2.38. The Bertz CT molecular complexity index is 410. The van der Waals surface area contributed by atoms with Gasteiger partial charge in [0.2, 0.25) is 0 Å². The zero-order valence-electron chi connectivity index (χ0n) is 9.39. The lowest BCUT2D eigenvalue weighted by molar-refractivity contribution is 0.128. The van der Waals surface area contributed by atoms with Crippen LogP contribution in [-0.2, 0) is 10.1 Å². The van der Waals surface area contributed by atoms with Crippen molar-refractivity contribution in [3.8, 4) is 0 Å². The first-order chi connectivity index (χ1) is 7.41. The van der Waals surface area contributed by atoms with E-state index in [1.165, 1.54) is 0 Å². The maximum Gasteiger partial charge on any atom is 0.271 e. The van der Waals surface area contributed by atoms with E-state index in [2.05, 4.69) is 0 Å². The Morgan fingerprint density at radius 3 is 2.31 bits per heavy atom. The van der Waals surface area contributed by atoms with Crippen LogP contribution in [0.2, 0.25) is 0 Å². The van der Waals surface area contributed by atoms with Crippen LogP contribution in [0.25, 0.3) is 0 Å². The molecule has 2 aliphatic carbocycles. The Morgan fingerprint density at radius 2 is 1.75 bits per heavy atom. The van der Waals surface area contributed by atoms with E-state index in [0.717, 1.165) is 30.4 Å². The van der Waals surface area contributed by atoms with Gasteiger partial charge in [-0.2, -0.15) is 8.42 Å². The summed E-state index contributed by atoms with van der Waals surface area (Å²) in [6.45, 7) is 1.83. The summed E-state index contributed by atoms with van der Waals surface area (Å²) in [6.07, 6.45) is 3.23. The summed E-state index contributed by atoms with van der Waals surface area (Å²) in [7, 11) is -4.02. The van der Waals surface area contributed by atoms with Crippen molar-refractivity contribution >= 4 is 10.1 Å². The molecule has 0 aromatic heterocycles. The van der Waals surface area contributed by atoms with Gasteiger partial charge in [0, 0.05) is 0 Å². The predicted molar refractivity (Wildman–Crippen MR) is 60.6 cm³/mol. The minimum absolute atomic E-state index is 0.0937. The Morgan fingerprint density at radius 1 is 1.19 bits per heavy atom. The molecule has 0 heterocycles. The Balaban J connectivity index is 2.45. The molecule has 5 heteroatoms. The van der Waals surface area contributed by atoms with Crippen LogP contribution < -0.4 is 0 Å². The van der Waals surface area contributed by atoms with Crippen LogP contribution in [-0.4, -0.2) is 29.4 Å². The highest BCUT2D eigenvalue weighted by Crippen LogP contribution is 2.40. The van der Waals surface area contributed by atoms with Gasteiger partial charge in [0.15, 0.2) is 0 Å². The highest BCUT2D eigenvalue weighted by molar-refractivity contribution is 7.86. The number of rotatable bonds is 1. The summed E-state index contributed by atoms with van der Waals surface area (Å²) in [6, 6.07) is 0. The third-order valence-electron chi connectivity index (χ3n) is 3.78. The van der Waals surface area contributed by atoms with Crippen LogP contribution >= 0.6 is 0 Å². The second-order valence-electron chi connectivity index (χ2n) is 4.92. The van der Waals surface area contributed by atoms with Crippen molar-refractivity contribution in [2.24, 2.45) is 5.92 Å². The molecule has 2 rings (SSSR count). The van der Waals surface area contributed by atoms with E-state index in [-0.39, 0.29) is 5.92 Å². The molecule has 0 saturated carbocycles. The highest BCUT2D eigenvalue weighted by atomic mass is 32.2. The average molecular weight is 246 g/mol. The van der Waals surface area contributed by atoms with Gasteiger partial charge in [-0.05, 0) is 49.2 Å². The van der Waals surface area contributed by atoms with Crippen LogP contribution in [0.5, 0.6) is 0 Å². The van der Waals surface area contributed by atoms with E-state index in [0.29, 0.717) is 12.8 Å². The highest BCUT2D eigenvalue weighted by Gasteiger charge is 2.39. The second-order valence-corrected chi connectivity index (χ2v) is 6.52. The standard InChI is InChI=1S/C11H18O4S/c1-7-6-10(16(13,14)15)8-4-2-3-5-9(8)11(7)12/h7,10-12H,2-6H2,1H3,(H,13,14,15). The normalized spacial score (nSPS) is 36.1. The molecule has 3 unspecified atom stereocenters. The van der Waals surface area contributed by atoms with Crippen molar-refractivity contribution in [1.29, 1.82) is 0 Å². The fraction of sp³-hybridized carbons (Fsp3) is 0.818. The van der Waals surface area contributed by atoms with E-state index in [9.17, 15) is 18.1 Å². The van der Waals surface area contributed by atoms with Crippen molar-refractivity contribution < 1.29 is 18.1 Å². The molecule has 0 spiro atoms. The predicted octanol–water partition coefficient (Wildman–Crippen LogP) is 1.51. The van der Waals surface area contributed by atoms with E-state index in [4.69, 9.17) is 0 Å². The zero-order valence-corrected chi connectivity index (χ0v) is 10.2. The molecule has 0 fully saturated rings. The lowest BCUT2D eigenvalue weighted by Gasteiger charge is -2.37. The quantitative estimate of drug-likeness (QED) is 0.543. The van der Waals surface area contributed by atoms with Gasteiger partial charge >= 0.3 is 0 Å². The lowest BCUT2D eigenvalue weighted by atomic mass is 9.76. The van der Waals surface area contributed by atoms with Gasteiger partial charge in [0.25, 0.3) is 10.1 Å². The fourth-order valence-electron chi connectivity index (χ4n) is 2.91. The molecule has 0 radical (unpaired) electrons. The summed E-state index contributed by atoms with van der Waals surface area (Å²) < 4.78 is 31.9. The van der Waals surface area contributed by atoms with Gasteiger partial charge in [-0.3, -0.25) is 4.55 Å². The summed E-state index contributed by atoms with van der Waals surface area (Å²) in [5.41, 5.74) is 1.65. The van der Waals surface area contributed by atoms with Crippen LogP contribution in [0.1, 0.15) is 39.0 Å². The molecule has 0 bridgehead atoms. The third kappa shape index (κ3) is 2.04. The van der Waals surface area contributed by atoms with Crippen LogP contribution in [0.3, 0.4) is 0 Å². The van der Waals surface area contributed by atoms with E-state index in [1.807, 2.05) is 6.92 Å². The summed E-state index contributed by atoms with van der Waals surface area (Å²) in [4.78, 5) is 0. The molecule has 0 aliphatic heterocycles. The first-order valence-corrected chi connectivity index (χ1v) is 7.27. The van der Waals surface area contributed by atoms with Crippen molar-refractivity contribution in [2.45, 2.75) is 50.4 Å². The summed E-state index contributed by atoms with van der Waals surface area (Å²) in [5, 5.41) is 9.25. The fourth-order valence-corrected chi connectivity index (χ4v) is 4.09. The monoisotopic (exact) mass is 246 g/mol. The van der Waals surface area contributed by atoms with E-state index in [1.54, 1.807) is 0 Å². The summed E-state index contributed by atoms with van der Waals surface area (Å²) in [5.74, 6) is -0.0937. The topological polar surface area (TPSA) is 74.6 Å². The molecule has 0 saturated heterocycles. The Labute approximate surface area is 96.1 Å². The SMILES string of the molecule is CC1CC(S(=O)(=O)O)C2=C(CCCC2)C1O. The molecular weight excluding hydrogens is 228 g/mol. The largest absolute Gasteiger partial charge is 0.388 e. The van der Waals surface area contributed by atoms with Crippen molar-refractivity contribution in [1.82, 2.24) is 0 Å². The van der Waals surface area contributed by atoms with Gasteiger partial charge in [-0.1, -0.05) is 6.92 Å². The molecule has 16 heavy (non-hydrogen) atoms. The molecule has 3 atom stereocenters. The Kier molecular flexibility index (Phi) is 3.11. The maximum absolute atomic E-state index is 11.3. The minimum Gasteiger partial charge on any atom is -0.388 e. The van der Waals surface area contributed by atoms with Crippen LogP contribution in [0.15, 0.2) is 11.1 Å². The maximum atomic E-state index is 11.3. The van der Waals surface area contributed by atoms with Crippen LogP contribution in [0.4, 0.5) is 0 Å². The Hall–Kier alpha value is -0.390. The molecule has 0 aromatic carbocycles. The van der Waals surface area contributed by atoms with E-state index >= 15 is 0 Å². The molecular formula is C11H18O4S.